The lowest BCUT2D eigenvalue weighted by Crippen LogP contribution is -2.60. The average molecular weight is 273 g/mol. The molecule has 0 bridgehead atoms. The van der Waals surface area contributed by atoms with Gasteiger partial charge in [-0.1, -0.05) is 0 Å². The van der Waals surface area contributed by atoms with Crippen LogP contribution in [0.1, 0.15) is 5.56 Å². The number of aliphatic hydroxyl groups is 1. The number of methoxy groups -OCH3 is 1. The molecule has 1 aromatic heterocycles. The number of aromatic nitrogens is 1. The van der Waals surface area contributed by atoms with Crippen molar-refractivity contribution in [2.24, 2.45) is 0 Å². The first-order valence-electron chi connectivity index (χ1n) is 4.74. The third kappa shape index (κ3) is 2.14. The Kier molecular flexibility index (Phi) is 2.95. The van der Waals surface area contributed by atoms with Gasteiger partial charge in [0.15, 0.2) is 0 Å². The third-order valence-electron chi connectivity index (χ3n) is 2.60. The van der Waals surface area contributed by atoms with Gasteiger partial charge < -0.3 is 15.2 Å². The zero-order chi connectivity index (χ0) is 10.9. The largest absolute Gasteiger partial charge is 0.495 e. The Morgan fingerprint density at radius 3 is 2.87 bits per heavy atom. The van der Waals surface area contributed by atoms with Crippen LogP contribution >= 0.6 is 15.9 Å². The summed E-state index contributed by atoms with van der Waals surface area (Å²) in [6.45, 7) is 1.26. The van der Waals surface area contributed by atoms with Gasteiger partial charge in [-0.3, -0.25) is 4.98 Å². The maximum Gasteiger partial charge on any atom is 0.141 e. The average Bonchev–Trinajstić information content (AvgIpc) is 2.18. The van der Waals surface area contributed by atoms with Crippen molar-refractivity contribution in [1.29, 1.82) is 0 Å². The van der Waals surface area contributed by atoms with Crippen LogP contribution < -0.4 is 10.1 Å². The molecule has 0 aromatic carbocycles. The maximum atomic E-state index is 10.0. The van der Waals surface area contributed by atoms with E-state index in [1.54, 1.807) is 19.5 Å². The van der Waals surface area contributed by atoms with Crippen molar-refractivity contribution in [3.8, 4) is 5.75 Å². The van der Waals surface area contributed by atoms with E-state index in [0.717, 1.165) is 10.0 Å². The van der Waals surface area contributed by atoms with Gasteiger partial charge in [0.25, 0.3) is 0 Å². The predicted octanol–water partition coefficient (Wildman–Crippen LogP) is 0.729. The molecule has 2 rings (SSSR count). The van der Waals surface area contributed by atoms with E-state index in [0.29, 0.717) is 25.3 Å². The molecule has 2 N–H and O–H groups in total. The number of β-amino-alcohol motifs (C(OH)–C–C–N with tert-alkyl or cyclic N) is 1. The van der Waals surface area contributed by atoms with Crippen LogP contribution in [0.15, 0.2) is 16.9 Å². The van der Waals surface area contributed by atoms with E-state index in [1.807, 2.05) is 0 Å². The zero-order valence-corrected chi connectivity index (χ0v) is 10.0. The van der Waals surface area contributed by atoms with E-state index in [-0.39, 0.29) is 0 Å². The van der Waals surface area contributed by atoms with Crippen molar-refractivity contribution in [2.75, 3.05) is 20.2 Å². The normalized spacial score (nSPS) is 18.3. The number of pyridine rings is 1. The number of hydrogen-bond donors (Lipinski definition) is 2. The van der Waals surface area contributed by atoms with E-state index < -0.39 is 5.60 Å². The molecule has 82 valence electrons. The fraction of sp³-hybridized carbons (Fsp3) is 0.500. The van der Waals surface area contributed by atoms with Crippen molar-refractivity contribution in [2.45, 2.75) is 12.0 Å². The molecule has 1 fully saturated rings. The molecule has 0 atom stereocenters. The smallest absolute Gasteiger partial charge is 0.141 e. The van der Waals surface area contributed by atoms with E-state index in [1.165, 1.54) is 0 Å². The molecule has 0 unspecified atom stereocenters. The van der Waals surface area contributed by atoms with Crippen molar-refractivity contribution >= 4 is 15.9 Å². The first-order valence-corrected chi connectivity index (χ1v) is 5.53. The van der Waals surface area contributed by atoms with Gasteiger partial charge in [-0.05, 0) is 15.9 Å². The van der Waals surface area contributed by atoms with E-state index in [9.17, 15) is 5.11 Å². The molecule has 1 aliphatic heterocycles. The number of halogens is 1. The first kappa shape index (κ1) is 10.9. The monoisotopic (exact) mass is 272 g/mol. The summed E-state index contributed by atoms with van der Waals surface area (Å²) in [5.74, 6) is 0.713. The molecule has 5 heteroatoms. The van der Waals surface area contributed by atoms with Gasteiger partial charge in [-0.2, -0.15) is 0 Å². The molecular weight excluding hydrogens is 260 g/mol. The standard InChI is InChI=1S/C10H13BrN2O2/c1-15-9-4-12-3-8(11)7(9)2-10(14)5-13-6-10/h3-4,13-14H,2,5-6H2,1H3. The first-order chi connectivity index (χ1) is 7.14. The molecule has 1 aliphatic rings. The fourth-order valence-electron chi connectivity index (χ4n) is 1.66. The second-order valence-electron chi connectivity index (χ2n) is 3.81. The Labute approximate surface area is 96.8 Å². The Bertz CT molecular complexity index is 366. The lowest BCUT2D eigenvalue weighted by atomic mass is 9.89. The second kappa shape index (κ2) is 4.08. The summed E-state index contributed by atoms with van der Waals surface area (Å²) in [5.41, 5.74) is 0.327. The Morgan fingerprint density at radius 1 is 1.60 bits per heavy atom. The van der Waals surface area contributed by atoms with Crippen molar-refractivity contribution in [1.82, 2.24) is 10.3 Å². The summed E-state index contributed by atoms with van der Waals surface area (Å²) in [6.07, 6.45) is 3.95. The van der Waals surface area contributed by atoms with Gasteiger partial charge in [0.1, 0.15) is 5.75 Å². The zero-order valence-electron chi connectivity index (χ0n) is 8.46. The number of ether oxygens (including phenoxy) is 1. The highest BCUT2D eigenvalue weighted by atomic mass is 79.9. The highest BCUT2D eigenvalue weighted by Gasteiger charge is 2.35. The molecule has 0 radical (unpaired) electrons. The predicted molar refractivity (Wildman–Crippen MR) is 60.0 cm³/mol. The summed E-state index contributed by atoms with van der Waals surface area (Å²) in [7, 11) is 1.61. The van der Waals surface area contributed by atoms with Gasteiger partial charge in [-0.25, -0.2) is 0 Å². The third-order valence-corrected chi connectivity index (χ3v) is 3.28. The van der Waals surface area contributed by atoms with Crippen molar-refractivity contribution < 1.29 is 9.84 Å². The Hall–Kier alpha value is -0.650. The van der Waals surface area contributed by atoms with E-state index in [4.69, 9.17) is 4.74 Å². The number of nitrogens with one attached hydrogen (secondary N) is 1. The van der Waals surface area contributed by atoms with Crippen LogP contribution in [0.3, 0.4) is 0 Å². The maximum absolute atomic E-state index is 10.0. The van der Waals surface area contributed by atoms with Crippen molar-refractivity contribution in [3.63, 3.8) is 0 Å². The molecule has 1 saturated heterocycles. The van der Waals surface area contributed by atoms with Crippen LogP contribution in [0.25, 0.3) is 0 Å². The summed E-state index contributed by atoms with van der Waals surface area (Å²) in [5, 5.41) is 13.1. The van der Waals surface area contributed by atoms with E-state index in [2.05, 4.69) is 26.2 Å². The molecule has 4 nitrogen and oxygen atoms in total. The lowest BCUT2D eigenvalue weighted by Gasteiger charge is -2.38. The number of hydrogen-bond acceptors (Lipinski definition) is 4. The van der Waals surface area contributed by atoms with Gasteiger partial charge in [0.2, 0.25) is 0 Å². The fourth-order valence-corrected chi connectivity index (χ4v) is 2.11. The summed E-state index contributed by atoms with van der Waals surface area (Å²) in [4.78, 5) is 4.02. The molecule has 0 aliphatic carbocycles. The van der Waals surface area contributed by atoms with Gasteiger partial charge in [0, 0.05) is 35.7 Å². The molecule has 2 heterocycles. The number of rotatable bonds is 3. The van der Waals surface area contributed by atoms with Crippen LogP contribution in [0, 0.1) is 0 Å². The van der Waals surface area contributed by atoms with Crippen molar-refractivity contribution in [3.05, 3.63) is 22.4 Å². The summed E-state index contributed by atoms with van der Waals surface area (Å²) >= 11 is 3.42. The second-order valence-corrected chi connectivity index (χ2v) is 4.66. The molecule has 0 spiro atoms. The van der Waals surface area contributed by atoms with Crippen LogP contribution in [0.5, 0.6) is 5.75 Å². The molecular formula is C10H13BrN2O2. The summed E-state index contributed by atoms with van der Waals surface area (Å²) < 4.78 is 6.09. The van der Waals surface area contributed by atoms with Gasteiger partial charge in [-0.15, -0.1) is 0 Å². The van der Waals surface area contributed by atoms with Crippen LogP contribution in [0.2, 0.25) is 0 Å². The minimum atomic E-state index is -0.642. The SMILES string of the molecule is COc1cncc(Br)c1CC1(O)CNC1. The molecule has 0 amide bonds. The number of nitrogens with zero attached hydrogens (tertiary/aromatic N) is 1. The van der Waals surface area contributed by atoms with E-state index >= 15 is 0 Å². The van der Waals surface area contributed by atoms with Crippen LogP contribution in [-0.2, 0) is 6.42 Å². The minimum Gasteiger partial charge on any atom is -0.495 e. The Balaban J connectivity index is 2.26. The molecule has 15 heavy (non-hydrogen) atoms. The summed E-state index contributed by atoms with van der Waals surface area (Å²) in [6, 6.07) is 0. The quantitative estimate of drug-likeness (QED) is 0.852. The Morgan fingerprint density at radius 2 is 2.33 bits per heavy atom. The molecule has 1 aromatic rings. The van der Waals surface area contributed by atoms with Crippen LogP contribution in [-0.4, -0.2) is 35.9 Å². The van der Waals surface area contributed by atoms with Gasteiger partial charge >= 0.3 is 0 Å². The molecule has 0 saturated carbocycles. The minimum absolute atomic E-state index is 0.576. The highest BCUT2D eigenvalue weighted by Crippen LogP contribution is 2.30. The topological polar surface area (TPSA) is 54.4 Å². The van der Waals surface area contributed by atoms with Crippen LogP contribution in [0.4, 0.5) is 0 Å². The van der Waals surface area contributed by atoms with Gasteiger partial charge in [0.05, 0.1) is 18.9 Å². The highest BCUT2D eigenvalue weighted by molar-refractivity contribution is 9.10. The lowest BCUT2D eigenvalue weighted by molar-refractivity contribution is -0.00959.